The summed E-state index contributed by atoms with van der Waals surface area (Å²) in [6.45, 7) is 5.24. The zero-order chi connectivity index (χ0) is 7.40. The topological polar surface area (TPSA) is 9.23 Å². The van der Waals surface area contributed by atoms with E-state index in [2.05, 4.69) is 19.9 Å². The molecule has 0 saturated carbocycles. The summed E-state index contributed by atoms with van der Waals surface area (Å²) in [5, 5.41) is 0. The second-order valence-electron chi connectivity index (χ2n) is 3.15. The van der Waals surface area contributed by atoms with E-state index in [1.807, 2.05) is 0 Å². The van der Waals surface area contributed by atoms with E-state index in [0.29, 0.717) is 6.10 Å². The Morgan fingerprint density at radius 2 is 2.40 bits per heavy atom. The van der Waals surface area contributed by atoms with Crippen LogP contribution < -0.4 is 0 Å². The van der Waals surface area contributed by atoms with Crippen molar-refractivity contribution < 1.29 is 4.74 Å². The third kappa shape index (κ3) is 2.53. The first-order valence-electron chi connectivity index (χ1n) is 4.04. The average Bonchev–Trinajstić information content (AvgIpc) is 2.34. The average molecular weight is 140 g/mol. The Hall–Kier alpha value is -0.300. The highest BCUT2D eigenvalue weighted by Gasteiger charge is 2.12. The van der Waals surface area contributed by atoms with E-state index in [9.17, 15) is 0 Å². The smallest absolute Gasteiger partial charge is 0.0610 e. The molecule has 10 heavy (non-hydrogen) atoms. The van der Waals surface area contributed by atoms with Crippen molar-refractivity contribution in [3.05, 3.63) is 11.6 Å². The van der Waals surface area contributed by atoms with Gasteiger partial charge in [0.25, 0.3) is 0 Å². The molecular formula is C9H16O. The fourth-order valence-corrected chi connectivity index (χ4v) is 1.20. The van der Waals surface area contributed by atoms with Crippen LogP contribution in [-0.4, -0.2) is 12.7 Å². The minimum atomic E-state index is 0.523. The maximum Gasteiger partial charge on any atom is 0.0610 e. The summed E-state index contributed by atoms with van der Waals surface area (Å²) >= 11 is 0. The Morgan fingerprint density at radius 3 is 2.90 bits per heavy atom. The normalized spacial score (nSPS) is 24.8. The molecule has 0 bridgehead atoms. The van der Waals surface area contributed by atoms with Gasteiger partial charge >= 0.3 is 0 Å². The van der Waals surface area contributed by atoms with Crippen LogP contribution >= 0.6 is 0 Å². The first-order chi connectivity index (χ1) is 4.79. The fraction of sp³-hybridized carbons (Fsp3) is 0.778. The Bertz CT molecular complexity index is 117. The highest BCUT2D eigenvalue weighted by atomic mass is 16.5. The summed E-state index contributed by atoms with van der Waals surface area (Å²) in [7, 11) is 0. The Balaban J connectivity index is 2.18. The molecule has 0 aromatic rings. The molecule has 1 rings (SSSR count). The lowest BCUT2D eigenvalue weighted by Gasteiger charge is -2.04. The van der Waals surface area contributed by atoms with Gasteiger partial charge in [-0.1, -0.05) is 11.6 Å². The van der Waals surface area contributed by atoms with Gasteiger partial charge in [-0.05, 0) is 33.1 Å². The molecule has 1 nitrogen and oxygen atoms in total. The summed E-state index contributed by atoms with van der Waals surface area (Å²) in [5.74, 6) is 0. The van der Waals surface area contributed by atoms with Gasteiger partial charge in [0.15, 0.2) is 0 Å². The van der Waals surface area contributed by atoms with Crippen LogP contribution in [-0.2, 0) is 4.74 Å². The summed E-state index contributed by atoms with van der Waals surface area (Å²) in [6, 6.07) is 0. The second kappa shape index (κ2) is 3.77. The van der Waals surface area contributed by atoms with E-state index in [1.165, 1.54) is 18.4 Å². The predicted molar refractivity (Wildman–Crippen MR) is 43.0 cm³/mol. The second-order valence-corrected chi connectivity index (χ2v) is 3.15. The van der Waals surface area contributed by atoms with Gasteiger partial charge in [-0.15, -0.1) is 0 Å². The molecule has 0 aromatic carbocycles. The van der Waals surface area contributed by atoms with Crippen LogP contribution in [0.15, 0.2) is 11.6 Å². The van der Waals surface area contributed by atoms with Gasteiger partial charge in [0.05, 0.1) is 6.10 Å². The molecule has 1 heterocycles. The molecule has 0 spiro atoms. The third-order valence-electron chi connectivity index (χ3n) is 1.81. The molecular weight excluding hydrogens is 124 g/mol. The van der Waals surface area contributed by atoms with E-state index in [0.717, 1.165) is 13.0 Å². The molecule has 1 fully saturated rings. The van der Waals surface area contributed by atoms with Crippen molar-refractivity contribution in [3.8, 4) is 0 Å². The van der Waals surface area contributed by atoms with Crippen molar-refractivity contribution in [2.75, 3.05) is 6.61 Å². The molecule has 1 unspecified atom stereocenters. The van der Waals surface area contributed by atoms with Gasteiger partial charge < -0.3 is 4.74 Å². The fourth-order valence-electron chi connectivity index (χ4n) is 1.20. The maximum atomic E-state index is 5.46. The summed E-state index contributed by atoms with van der Waals surface area (Å²) in [4.78, 5) is 0. The predicted octanol–water partition coefficient (Wildman–Crippen LogP) is 2.52. The van der Waals surface area contributed by atoms with Gasteiger partial charge in [0.2, 0.25) is 0 Å². The van der Waals surface area contributed by atoms with E-state index in [-0.39, 0.29) is 0 Å². The van der Waals surface area contributed by atoms with Crippen LogP contribution in [0.4, 0.5) is 0 Å². The molecule has 0 aromatic heterocycles. The van der Waals surface area contributed by atoms with Gasteiger partial charge in [0, 0.05) is 6.61 Å². The first kappa shape index (κ1) is 7.80. The molecule has 1 saturated heterocycles. The van der Waals surface area contributed by atoms with Crippen molar-refractivity contribution in [3.63, 3.8) is 0 Å². The van der Waals surface area contributed by atoms with E-state index < -0.39 is 0 Å². The largest absolute Gasteiger partial charge is 0.378 e. The molecule has 0 amide bonds. The number of hydrogen-bond acceptors (Lipinski definition) is 1. The molecule has 0 radical (unpaired) electrons. The molecule has 0 aliphatic carbocycles. The van der Waals surface area contributed by atoms with Crippen LogP contribution in [0.5, 0.6) is 0 Å². The van der Waals surface area contributed by atoms with Crippen LogP contribution in [0.3, 0.4) is 0 Å². The lowest BCUT2D eigenvalue weighted by atomic mass is 10.1. The van der Waals surface area contributed by atoms with Crippen molar-refractivity contribution in [2.45, 2.75) is 39.2 Å². The zero-order valence-corrected chi connectivity index (χ0v) is 6.89. The number of ether oxygens (including phenoxy) is 1. The SMILES string of the molecule is CC(C)=CCC1CCCO1. The van der Waals surface area contributed by atoms with Crippen molar-refractivity contribution in [1.82, 2.24) is 0 Å². The van der Waals surface area contributed by atoms with Gasteiger partial charge in [0.1, 0.15) is 0 Å². The summed E-state index contributed by atoms with van der Waals surface area (Å²) < 4.78 is 5.46. The zero-order valence-electron chi connectivity index (χ0n) is 6.89. The Morgan fingerprint density at radius 1 is 1.60 bits per heavy atom. The molecule has 1 aliphatic rings. The lowest BCUT2D eigenvalue weighted by Crippen LogP contribution is -2.02. The van der Waals surface area contributed by atoms with Crippen LogP contribution in [0.1, 0.15) is 33.1 Å². The summed E-state index contributed by atoms with van der Waals surface area (Å²) in [6.07, 6.45) is 6.40. The quantitative estimate of drug-likeness (QED) is 0.535. The highest BCUT2D eigenvalue weighted by molar-refractivity contribution is 4.94. The molecule has 0 N–H and O–H groups in total. The third-order valence-corrected chi connectivity index (χ3v) is 1.81. The number of hydrogen-bond donors (Lipinski definition) is 0. The van der Waals surface area contributed by atoms with Crippen LogP contribution in [0, 0.1) is 0 Å². The monoisotopic (exact) mass is 140 g/mol. The van der Waals surface area contributed by atoms with E-state index in [1.54, 1.807) is 0 Å². The van der Waals surface area contributed by atoms with Gasteiger partial charge in [-0.2, -0.15) is 0 Å². The summed E-state index contributed by atoms with van der Waals surface area (Å²) in [5.41, 5.74) is 1.40. The maximum absolute atomic E-state index is 5.46. The molecule has 1 atom stereocenters. The number of allylic oxidation sites excluding steroid dienone is 1. The molecule has 1 aliphatic heterocycles. The lowest BCUT2D eigenvalue weighted by molar-refractivity contribution is 0.113. The van der Waals surface area contributed by atoms with Crippen molar-refractivity contribution in [1.29, 1.82) is 0 Å². The van der Waals surface area contributed by atoms with Crippen molar-refractivity contribution >= 4 is 0 Å². The van der Waals surface area contributed by atoms with E-state index >= 15 is 0 Å². The van der Waals surface area contributed by atoms with Crippen LogP contribution in [0.2, 0.25) is 0 Å². The first-order valence-corrected chi connectivity index (χ1v) is 4.04. The number of rotatable bonds is 2. The highest BCUT2D eigenvalue weighted by Crippen LogP contribution is 2.16. The minimum absolute atomic E-state index is 0.523. The van der Waals surface area contributed by atoms with E-state index in [4.69, 9.17) is 4.74 Å². The van der Waals surface area contributed by atoms with Crippen molar-refractivity contribution in [2.24, 2.45) is 0 Å². The standard InChI is InChI=1S/C9H16O/c1-8(2)5-6-9-4-3-7-10-9/h5,9H,3-4,6-7H2,1-2H3. The Kier molecular flexibility index (Phi) is 2.94. The van der Waals surface area contributed by atoms with Gasteiger partial charge in [-0.25, -0.2) is 0 Å². The van der Waals surface area contributed by atoms with Gasteiger partial charge in [-0.3, -0.25) is 0 Å². The molecule has 1 heteroatoms. The van der Waals surface area contributed by atoms with Crippen LogP contribution in [0.25, 0.3) is 0 Å². The Labute approximate surface area is 63.1 Å². The minimum Gasteiger partial charge on any atom is -0.378 e. The molecule has 58 valence electrons.